The van der Waals surface area contributed by atoms with Crippen molar-refractivity contribution in [3.63, 3.8) is 0 Å². The molecule has 47 heavy (non-hydrogen) atoms. The van der Waals surface area contributed by atoms with Crippen molar-refractivity contribution in [2.75, 3.05) is 51.3 Å². The van der Waals surface area contributed by atoms with Crippen LogP contribution in [0.2, 0.25) is 0 Å². The molecule has 0 spiro atoms. The van der Waals surface area contributed by atoms with E-state index < -0.39 is 30.9 Å². The van der Waals surface area contributed by atoms with Gasteiger partial charge in [-0.05, 0) is 72.4 Å². The van der Waals surface area contributed by atoms with Gasteiger partial charge in [-0.2, -0.15) is 0 Å². The van der Waals surface area contributed by atoms with Gasteiger partial charge in [0.25, 0.3) is 5.92 Å². The van der Waals surface area contributed by atoms with Crippen molar-refractivity contribution in [2.24, 2.45) is 0 Å². The highest BCUT2D eigenvalue weighted by Crippen LogP contribution is 2.37. The second kappa shape index (κ2) is 14.3. The molecule has 11 heteroatoms. The number of likely N-dealkylation sites (tertiary alicyclic amines) is 1. The van der Waals surface area contributed by atoms with Gasteiger partial charge in [0.05, 0.1) is 32.8 Å². The number of carbonyl (C=O) groups is 1. The number of ether oxygens (including phenoxy) is 2. The van der Waals surface area contributed by atoms with Gasteiger partial charge in [-0.1, -0.05) is 24.3 Å². The minimum atomic E-state index is -2.91. The van der Waals surface area contributed by atoms with Gasteiger partial charge in [0, 0.05) is 62.1 Å². The number of hydrogen-bond acceptors (Lipinski definition) is 8. The summed E-state index contributed by atoms with van der Waals surface area (Å²) in [5.41, 5.74) is 6.59. The molecule has 2 aliphatic heterocycles. The summed E-state index contributed by atoms with van der Waals surface area (Å²) in [6.45, 7) is 9.08. The highest BCUT2D eigenvalue weighted by Gasteiger charge is 2.45. The summed E-state index contributed by atoms with van der Waals surface area (Å²) in [5, 5.41) is 13.5. The molecule has 1 atom stereocenters. The number of nitrogens with zero attached hydrogens (tertiary/aromatic N) is 4. The summed E-state index contributed by atoms with van der Waals surface area (Å²) >= 11 is 0. The normalized spacial score (nSPS) is 18.4. The molecule has 6 rings (SSSR count). The Balaban J connectivity index is 1.17. The zero-order valence-electron chi connectivity index (χ0n) is 26.8. The van der Waals surface area contributed by atoms with Crippen molar-refractivity contribution in [1.82, 2.24) is 19.8 Å². The Morgan fingerprint density at radius 2 is 1.85 bits per heavy atom. The summed E-state index contributed by atoms with van der Waals surface area (Å²) < 4.78 is 40.0. The average Bonchev–Trinajstić information content (AvgIpc) is 3.33. The fraction of sp³-hybridized carbons (Fsp3) is 0.417. The maximum Gasteiger partial charge on any atom is 0.304 e. The average molecular weight is 646 g/mol. The number of pyridine rings is 2. The van der Waals surface area contributed by atoms with Gasteiger partial charge in [-0.3, -0.25) is 19.6 Å². The third-order valence-electron chi connectivity index (χ3n) is 9.08. The Labute approximate surface area is 273 Å². The molecule has 248 valence electrons. The predicted molar refractivity (Wildman–Crippen MR) is 178 cm³/mol. The largest absolute Gasteiger partial charge is 0.493 e. The number of carboxylic acids is 1. The Morgan fingerprint density at radius 3 is 2.64 bits per heavy atom. The quantitative estimate of drug-likeness (QED) is 0.169. The number of hydrogen-bond donors (Lipinski definition) is 2. The van der Waals surface area contributed by atoms with Crippen LogP contribution in [0.1, 0.15) is 36.0 Å². The summed E-state index contributed by atoms with van der Waals surface area (Å²) in [5.74, 6) is -2.53. The molecule has 0 radical (unpaired) electrons. The third kappa shape index (κ3) is 7.86. The van der Waals surface area contributed by atoms with E-state index in [1.165, 1.54) is 0 Å². The summed E-state index contributed by atoms with van der Waals surface area (Å²) in [4.78, 5) is 24.5. The van der Waals surface area contributed by atoms with Crippen molar-refractivity contribution in [2.45, 2.75) is 51.6 Å². The number of fused-ring (bicyclic) bond motifs is 1. The van der Waals surface area contributed by atoms with Crippen LogP contribution in [0.4, 0.5) is 20.3 Å². The van der Waals surface area contributed by atoms with E-state index in [1.807, 2.05) is 36.4 Å². The van der Waals surface area contributed by atoms with Crippen LogP contribution in [-0.4, -0.2) is 88.8 Å². The highest BCUT2D eigenvalue weighted by molar-refractivity contribution is 5.91. The zero-order chi connectivity index (χ0) is 33.0. The molecule has 1 unspecified atom stereocenters. The Bertz CT molecular complexity index is 1730. The van der Waals surface area contributed by atoms with Crippen molar-refractivity contribution in [3.8, 4) is 16.9 Å². The van der Waals surface area contributed by atoms with Crippen molar-refractivity contribution in [1.29, 1.82) is 0 Å². The lowest BCUT2D eigenvalue weighted by molar-refractivity contribution is -0.138. The van der Waals surface area contributed by atoms with Gasteiger partial charge in [0.15, 0.2) is 5.82 Å². The van der Waals surface area contributed by atoms with Gasteiger partial charge < -0.3 is 19.9 Å². The number of alkyl halides is 2. The lowest BCUT2D eigenvalue weighted by atomic mass is 9.95. The van der Waals surface area contributed by atoms with Crippen molar-refractivity contribution < 1.29 is 28.2 Å². The van der Waals surface area contributed by atoms with E-state index in [9.17, 15) is 18.7 Å². The highest BCUT2D eigenvalue weighted by atomic mass is 19.3. The molecule has 0 aliphatic carbocycles. The maximum atomic E-state index is 14.2. The molecule has 9 nitrogen and oxygen atoms in total. The number of carboxylic acid groups (broad SMARTS) is 1. The van der Waals surface area contributed by atoms with Crippen LogP contribution in [-0.2, 0) is 16.1 Å². The van der Waals surface area contributed by atoms with Crippen LogP contribution in [0.15, 0.2) is 60.9 Å². The van der Waals surface area contributed by atoms with Gasteiger partial charge in [-0.15, -0.1) is 0 Å². The maximum absolute atomic E-state index is 14.2. The van der Waals surface area contributed by atoms with E-state index in [0.29, 0.717) is 17.9 Å². The zero-order valence-corrected chi connectivity index (χ0v) is 26.8. The predicted octanol–water partition coefficient (Wildman–Crippen LogP) is 6.44. The molecule has 0 amide bonds. The van der Waals surface area contributed by atoms with Crippen molar-refractivity contribution in [3.05, 3.63) is 77.6 Å². The number of morpholine rings is 1. The van der Waals surface area contributed by atoms with Crippen LogP contribution in [0, 0.1) is 13.8 Å². The van der Waals surface area contributed by atoms with Crippen LogP contribution in [0.3, 0.4) is 0 Å². The first-order valence-electron chi connectivity index (χ1n) is 16.1. The van der Waals surface area contributed by atoms with Crippen LogP contribution in [0.25, 0.3) is 22.0 Å². The van der Waals surface area contributed by atoms with E-state index in [0.717, 1.165) is 83.9 Å². The first-order valence-corrected chi connectivity index (χ1v) is 16.1. The molecule has 0 saturated carbocycles. The first kappa shape index (κ1) is 32.7. The number of nitrogens with one attached hydrogen (secondary N) is 1. The summed E-state index contributed by atoms with van der Waals surface area (Å²) in [7, 11) is 0. The van der Waals surface area contributed by atoms with Crippen LogP contribution >= 0.6 is 0 Å². The van der Waals surface area contributed by atoms with E-state index in [1.54, 1.807) is 17.3 Å². The number of anilines is 2. The minimum absolute atomic E-state index is 0.193. The fourth-order valence-electron chi connectivity index (χ4n) is 6.62. The Kier molecular flexibility index (Phi) is 9.95. The lowest BCUT2D eigenvalue weighted by Crippen LogP contribution is -2.37. The topological polar surface area (TPSA) is 100 Å². The monoisotopic (exact) mass is 645 g/mol. The van der Waals surface area contributed by atoms with Gasteiger partial charge >= 0.3 is 5.97 Å². The summed E-state index contributed by atoms with van der Waals surface area (Å²) in [6, 6.07) is 15.3. The SMILES string of the molecule is Cc1c(Nc2nccc3cc(CN4CC(F)(F)CC4CC(=O)O)cnc23)cccc1-c1cccc(OCCCN2CCOCC2)c1C. The lowest BCUT2D eigenvalue weighted by Gasteiger charge is -2.26. The standard InChI is InChI=1S/C36H41F2N5O4/c1-24-29(30-7-4-9-32(25(30)2)47-15-5-12-42-13-16-46-17-14-42)6-3-8-31(24)41-35-34-27(10-11-39-35)18-26(21-40-34)22-43-23-36(37,38)20-28(43)19-33(44)45/h3-4,6-11,18,21,28H,5,12-17,19-20,22-23H2,1-2H3,(H,39,41)(H,44,45). The van der Waals surface area contributed by atoms with Gasteiger partial charge in [0.2, 0.25) is 0 Å². The van der Waals surface area contributed by atoms with E-state index in [4.69, 9.17) is 9.47 Å². The minimum Gasteiger partial charge on any atom is -0.493 e. The van der Waals surface area contributed by atoms with Gasteiger partial charge in [0.1, 0.15) is 11.3 Å². The Morgan fingerprint density at radius 1 is 1.09 bits per heavy atom. The molecular weight excluding hydrogens is 604 g/mol. The summed E-state index contributed by atoms with van der Waals surface area (Å²) in [6.07, 6.45) is 3.52. The van der Waals surface area contributed by atoms with Crippen molar-refractivity contribution >= 4 is 28.4 Å². The molecular formula is C36H41F2N5O4. The second-order valence-corrected chi connectivity index (χ2v) is 12.5. The molecule has 2 aromatic heterocycles. The third-order valence-corrected chi connectivity index (χ3v) is 9.08. The number of aromatic nitrogens is 2. The van der Waals surface area contributed by atoms with Crippen LogP contribution in [0.5, 0.6) is 5.75 Å². The molecule has 2 fully saturated rings. The number of benzene rings is 2. The van der Waals surface area contributed by atoms with E-state index >= 15 is 0 Å². The molecule has 2 aromatic carbocycles. The number of rotatable bonds is 12. The fourth-order valence-corrected chi connectivity index (χ4v) is 6.62. The molecule has 0 bridgehead atoms. The van der Waals surface area contributed by atoms with E-state index in [-0.39, 0.29) is 13.0 Å². The van der Waals surface area contributed by atoms with Crippen LogP contribution < -0.4 is 10.1 Å². The first-order chi connectivity index (χ1) is 22.7. The number of aliphatic carboxylic acids is 1. The molecule has 2 aliphatic rings. The smallest absolute Gasteiger partial charge is 0.304 e. The molecule has 2 N–H and O–H groups in total. The second-order valence-electron chi connectivity index (χ2n) is 12.5. The molecule has 4 aromatic rings. The Hall–Kier alpha value is -4.19. The number of halogens is 2. The molecule has 4 heterocycles. The van der Waals surface area contributed by atoms with Gasteiger partial charge in [-0.25, -0.2) is 13.8 Å². The van der Waals surface area contributed by atoms with E-state index in [2.05, 4.69) is 46.2 Å². The molecule has 2 saturated heterocycles.